The van der Waals surface area contributed by atoms with Crippen molar-refractivity contribution < 1.29 is 14.3 Å². The molecule has 0 unspecified atom stereocenters. The van der Waals surface area contributed by atoms with Crippen LogP contribution in [0.15, 0.2) is 48.8 Å². The normalized spacial score (nSPS) is 15.1. The maximum absolute atomic E-state index is 13.5. The zero-order chi connectivity index (χ0) is 25.5. The molecule has 0 aliphatic carbocycles. The third kappa shape index (κ3) is 6.12. The highest BCUT2D eigenvalue weighted by Crippen LogP contribution is 2.24. The number of imidazole rings is 1. The molecule has 1 aliphatic rings. The standard InChI is InChI=1S/C28H37N5O3/c1-21(2)17-27(34)33-13-6-12-31(14-11-29-19-23-7-4-5-8-25(23)33)28(35)22-9-10-26-24(18-22)30-20-32(26)15-16-36-3/h4-5,7-10,18,20-21,29H,6,11-17,19H2,1-3H3. The van der Waals surface area contributed by atoms with Crippen molar-refractivity contribution in [2.24, 2.45) is 5.92 Å². The van der Waals surface area contributed by atoms with Crippen molar-refractivity contribution in [2.45, 2.75) is 39.8 Å². The van der Waals surface area contributed by atoms with E-state index in [1.165, 1.54) is 0 Å². The second-order valence-corrected chi connectivity index (χ2v) is 9.73. The number of carbonyl (C=O) groups excluding carboxylic acids is 2. The summed E-state index contributed by atoms with van der Waals surface area (Å²) in [6.45, 7) is 8.53. The van der Waals surface area contributed by atoms with Gasteiger partial charge in [-0.15, -0.1) is 0 Å². The number of carbonyl (C=O) groups is 2. The first-order valence-corrected chi connectivity index (χ1v) is 12.8. The molecule has 0 fully saturated rings. The largest absolute Gasteiger partial charge is 0.383 e. The lowest BCUT2D eigenvalue weighted by Gasteiger charge is -2.27. The maximum atomic E-state index is 13.5. The Bertz CT molecular complexity index is 1190. The Labute approximate surface area is 213 Å². The first-order chi connectivity index (χ1) is 17.5. The van der Waals surface area contributed by atoms with Crippen LogP contribution in [0.3, 0.4) is 0 Å². The van der Waals surface area contributed by atoms with Crippen LogP contribution in [0.4, 0.5) is 5.69 Å². The highest BCUT2D eigenvalue weighted by molar-refractivity contribution is 5.97. The van der Waals surface area contributed by atoms with Crippen molar-refractivity contribution >= 4 is 28.5 Å². The fourth-order valence-corrected chi connectivity index (χ4v) is 4.68. The predicted octanol–water partition coefficient (Wildman–Crippen LogP) is 3.70. The quantitative estimate of drug-likeness (QED) is 0.569. The average Bonchev–Trinajstić information content (AvgIpc) is 3.26. The number of hydrogen-bond acceptors (Lipinski definition) is 5. The van der Waals surface area contributed by atoms with E-state index in [2.05, 4.69) is 30.2 Å². The molecule has 0 spiro atoms. The second kappa shape index (κ2) is 12.1. The minimum atomic E-state index is -0.0121. The molecule has 1 aromatic heterocycles. The van der Waals surface area contributed by atoms with Gasteiger partial charge in [-0.25, -0.2) is 4.98 Å². The summed E-state index contributed by atoms with van der Waals surface area (Å²) in [5.41, 5.74) is 4.48. The van der Waals surface area contributed by atoms with Gasteiger partial charge in [0, 0.05) is 64.0 Å². The molecule has 8 nitrogen and oxygen atoms in total. The number of hydrogen-bond donors (Lipinski definition) is 1. The molecule has 8 heteroatoms. The van der Waals surface area contributed by atoms with Crippen LogP contribution in [0.1, 0.15) is 42.6 Å². The lowest BCUT2D eigenvalue weighted by molar-refractivity contribution is -0.119. The molecule has 0 bridgehead atoms. The van der Waals surface area contributed by atoms with Gasteiger partial charge in [0.15, 0.2) is 0 Å². The number of ether oxygens (including phenoxy) is 1. The number of fused-ring (bicyclic) bond motifs is 2. The summed E-state index contributed by atoms with van der Waals surface area (Å²) in [7, 11) is 1.68. The van der Waals surface area contributed by atoms with Crippen LogP contribution in [-0.2, 0) is 22.6 Å². The summed E-state index contributed by atoms with van der Waals surface area (Å²) >= 11 is 0. The second-order valence-electron chi connectivity index (χ2n) is 9.73. The molecule has 36 heavy (non-hydrogen) atoms. The molecule has 1 N–H and O–H groups in total. The van der Waals surface area contributed by atoms with E-state index in [4.69, 9.17) is 4.74 Å². The number of nitrogens with one attached hydrogen (secondary N) is 1. The van der Waals surface area contributed by atoms with Crippen molar-refractivity contribution in [2.75, 3.05) is 44.8 Å². The van der Waals surface area contributed by atoms with Gasteiger partial charge >= 0.3 is 0 Å². The first kappa shape index (κ1) is 25.9. The van der Waals surface area contributed by atoms with E-state index in [0.29, 0.717) is 64.3 Å². The smallest absolute Gasteiger partial charge is 0.253 e. The van der Waals surface area contributed by atoms with Gasteiger partial charge in [-0.05, 0) is 42.2 Å². The highest BCUT2D eigenvalue weighted by Gasteiger charge is 2.22. The van der Waals surface area contributed by atoms with E-state index in [1.807, 2.05) is 50.8 Å². The van der Waals surface area contributed by atoms with Crippen molar-refractivity contribution in [3.05, 3.63) is 59.9 Å². The highest BCUT2D eigenvalue weighted by atomic mass is 16.5. The zero-order valence-corrected chi connectivity index (χ0v) is 21.6. The maximum Gasteiger partial charge on any atom is 0.253 e. The molecular weight excluding hydrogens is 454 g/mol. The molecule has 192 valence electrons. The molecule has 2 heterocycles. The Kier molecular flexibility index (Phi) is 8.72. The monoisotopic (exact) mass is 491 g/mol. The Morgan fingerprint density at radius 3 is 2.75 bits per heavy atom. The molecule has 2 aromatic carbocycles. The number of rotatable bonds is 6. The van der Waals surface area contributed by atoms with E-state index in [0.717, 1.165) is 22.3 Å². The van der Waals surface area contributed by atoms with Crippen molar-refractivity contribution in [1.82, 2.24) is 19.8 Å². The van der Waals surface area contributed by atoms with Crippen LogP contribution in [0.2, 0.25) is 0 Å². The number of amides is 2. The lowest BCUT2D eigenvalue weighted by Crippen LogP contribution is -2.39. The summed E-state index contributed by atoms with van der Waals surface area (Å²) in [5, 5.41) is 3.47. The van der Waals surface area contributed by atoms with Gasteiger partial charge < -0.3 is 24.4 Å². The molecule has 2 amide bonds. The van der Waals surface area contributed by atoms with Crippen molar-refractivity contribution in [3.63, 3.8) is 0 Å². The van der Waals surface area contributed by atoms with E-state index in [9.17, 15) is 9.59 Å². The molecule has 3 aromatic rings. The van der Waals surface area contributed by atoms with Gasteiger partial charge in [0.25, 0.3) is 5.91 Å². The first-order valence-electron chi connectivity index (χ1n) is 12.8. The van der Waals surface area contributed by atoms with Crippen LogP contribution in [0, 0.1) is 5.92 Å². The fraction of sp³-hybridized carbons (Fsp3) is 0.464. The third-order valence-electron chi connectivity index (χ3n) is 6.54. The van der Waals surface area contributed by atoms with E-state index in [1.54, 1.807) is 13.4 Å². The molecule has 0 atom stereocenters. The number of para-hydroxylation sites is 1. The van der Waals surface area contributed by atoms with E-state index < -0.39 is 0 Å². The number of benzene rings is 2. The van der Waals surface area contributed by atoms with E-state index >= 15 is 0 Å². The van der Waals surface area contributed by atoms with Crippen LogP contribution in [0.5, 0.6) is 0 Å². The Hall–Kier alpha value is -3.23. The molecule has 0 radical (unpaired) electrons. The van der Waals surface area contributed by atoms with E-state index in [-0.39, 0.29) is 17.7 Å². The summed E-state index contributed by atoms with van der Waals surface area (Å²) in [4.78, 5) is 35.0. The number of anilines is 1. The minimum absolute atomic E-state index is 0.0121. The summed E-state index contributed by atoms with van der Waals surface area (Å²) < 4.78 is 7.21. The van der Waals surface area contributed by atoms with Gasteiger partial charge in [0.1, 0.15) is 0 Å². The Balaban J connectivity index is 1.52. The van der Waals surface area contributed by atoms with Gasteiger partial charge in [0.2, 0.25) is 5.91 Å². The van der Waals surface area contributed by atoms with Crippen LogP contribution in [0.25, 0.3) is 11.0 Å². The van der Waals surface area contributed by atoms with Crippen LogP contribution in [-0.4, -0.2) is 66.2 Å². The Morgan fingerprint density at radius 2 is 1.94 bits per heavy atom. The number of methoxy groups -OCH3 is 1. The molecular formula is C28H37N5O3. The van der Waals surface area contributed by atoms with Crippen molar-refractivity contribution in [3.8, 4) is 0 Å². The molecule has 0 saturated carbocycles. The third-order valence-corrected chi connectivity index (χ3v) is 6.54. The summed E-state index contributed by atoms with van der Waals surface area (Å²) in [5.74, 6) is 0.401. The summed E-state index contributed by atoms with van der Waals surface area (Å²) in [6.07, 6.45) is 2.99. The van der Waals surface area contributed by atoms with Crippen LogP contribution >= 0.6 is 0 Å². The average molecular weight is 492 g/mol. The molecule has 0 saturated heterocycles. The fourth-order valence-electron chi connectivity index (χ4n) is 4.68. The predicted molar refractivity (Wildman–Crippen MR) is 142 cm³/mol. The number of aromatic nitrogens is 2. The molecule has 4 rings (SSSR count). The Morgan fingerprint density at radius 1 is 1.11 bits per heavy atom. The summed E-state index contributed by atoms with van der Waals surface area (Å²) in [6, 6.07) is 13.8. The zero-order valence-electron chi connectivity index (χ0n) is 21.6. The van der Waals surface area contributed by atoms with Gasteiger partial charge in [-0.3, -0.25) is 9.59 Å². The van der Waals surface area contributed by atoms with Gasteiger partial charge in [0.05, 0.1) is 24.0 Å². The van der Waals surface area contributed by atoms with Crippen molar-refractivity contribution in [1.29, 1.82) is 0 Å². The molecule has 1 aliphatic heterocycles. The SMILES string of the molecule is COCCn1cnc2cc(C(=O)N3CCCN(C(=O)CC(C)C)c4ccccc4CNCC3)ccc21. The number of nitrogens with zero attached hydrogens (tertiary/aromatic N) is 4. The van der Waals surface area contributed by atoms with Gasteiger partial charge in [-0.1, -0.05) is 32.0 Å². The minimum Gasteiger partial charge on any atom is -0.383 e. The van der Waals surface area contributed by atoms with Crippen LogP contribution < -0.4 is 10.2 Å². The van der Waals surface area contributed by atoms with Gasteiger partial charge in [-0.2, -0.15) is 0 Å². The lowest BCUT2D eigenvalue weighted by atomic mass is 10.1. The topological polar surface area (TPSA) is 79.7 Å².